The summed E-state index contributed by atoms with van der Waals surface area (Å²) in [5.41, 5.74) is -0.0782. The Balaban J connectivity index is 2.65. The number of fused-ring (bicyclic) bond motifs is 1. The molecule has 0 spiro atoms. The molecular formula is C12H14BNO5. The van der Waals surface area contributed by atoms with E-state index >= 15 is 0 Å². The first-order valence-corrected chi connectivity index (χ1v) is 5.65. The van der Waals surface area contributed by atoms with Crippen LogP contribution in [-0.2, 0) is 11.8 Å². The summed E-state index contributed by atoms with van der Waals surface area (Å²) >= 11 is 0. The number of methoxy groups -OCH3 is 1. The van der Waals surface area contributed by atoms with Gasteiger partial charge in [0, 0.05) is 31.2 Å². The third-order valence-electron chi connectivity index (χ3n) is 2.82. The van der Waals surface area contributed by atoms with Gasteiger partial charge in [-0.05, 0) is 23.6 Å². The Morgan fingerprint density at radius 1 is 1.37 bits per heavy atom. The van der Waals surface area contributed by atoms with Crippen molar-refractivity contribution in [1.82, 2.24) is 4.57 Å². The van der Waals surface area contributed by atoms with E-state index in [9.17, 15) is 14.8 Å². The highest BCUT2D eigenvalue weighted by Gasteiger charge is 2.19. The van der Waals surface area contributed by atoms with Crippen LogP contribution in [0.5, 0.6) is 5.75 Å². The lowest BCUT2D eigenvalue weighted by Gasteiger charge is -2.12. The number of aromatic nitrogens is 1. The molecule has 0 aliphatic heterocycles. The summed E-state index contributed by atoms with van der Waals surface area (Å²) in [6, 6.07) is 4.77. The molecular weight excluding hydrogens is 249 g/mol. The van der Waals surface area contributed by atoms with E-state index in [0.29, 0.717) is 10.8 Å². The van der Waals surface area contributed by atoms with Crippen molar-refractivity contribution in [3.8, 4) is 5.75 Å². The van der Waals surface area contributed by atoms with E-state index in [1.807, 2.05) is 0 Å². The quantitative estimate of drug-likeness (QED) is 0.557. The van der Waals surface area contributed by atoms with Crippen LogP contribution in [0.4, 0.5) is 0 Å². The summed E-state index contributed by atoms with van der Waals surface area (Å²) < 4.78 is 11.5. The smallest absolute Gasteiger partial charge is 0.468 e. The molecule has 1 heterocycles. The van der Waals surface area contributed by atoms with Gasteiger partial charge >= 0.3 is 7.12 Å². The Morgan fingerprint density at radius 3 is 2.74 bits per heavy atom. The van der Waals surface area contributed by atoms with Gasteiger partial charge in [0.25, 0.3) is 5.56 Å². The molecule has 19 heavy (non-hydrogen) atoms. The minimum absolute atomic E-state index is 0.0178. The molecule has 0 unspecified atom stereocenters. The number of benzene rings is 1. The average Bonchev–Trinajstić information content (AvgIpc) is 2.39. The van der Waals surface area contributed by atoms with Gasteiger partial charge in [0.05, 0.1) is 0 Å². The fourth-order valence-electron chi connectivity index (χ4n) is 1.83. The average molecular weight is 263 g/mol. The van der Waals surface area contributed by atoms with Crippen molar-refractivity contribution in [3.05, 3.63) is 34.7 Å². The molecule has 100 valence electrons. The van der Waals surface area contributed by atoms with Crippen LogP contribution in [0.1, 0.15) is 0 Å². The first kappa shape index (κ1) is 13.6. The van der Waals surface area contributed by atoms with Crippen LogP contribution in [0.25, 0.3) is 10.8 Å². The first-order valence-electron chi connectivity index (χ1n) is 5.65. The minimum Gasteiger partial charge on any atom is -0.468 e. The number of nitrogens with zero attached hydrogens (tertiary/aromatic N) is 1. The van der Waals surface area contributed by atoms with Crippen molar-refractivity contribution in [2.75, 3.05) is 13.9 Å². The number of hydrogen-bond acceptors (Lipinski definition) is 5. The van der Waals surface area contributed by atoms with Crippen molar-refractivity contribution in [1.29, 1.82) is 0 Å². The van der Waals surface area contributed by atoms with Gasteiger partial charge < -0.3 is 24.1 Å². The van der Waals surface area contributed by atoms with Gasteiger partial charge in [0.15, 0.2) is 6.79 Å². The molecule has 0 amide bonds. The summed E-state index contributed by atoms with van der Waals surface area (Å²) in [6.45, 7) is -0.0178. The number of pyridine rings is 1. The Hall–Kier alpha value is -1.83. The largest absolute Gasteiger partial charge is 0.492 e. The number of ether oxygens (including phenoxy) is 2. The second-order valence-electron chi connectivity index (χ2n) is 4.13. The lowest BCUT2D eigenvalue weighted by atomic mass is 9.78. The predicted octanol–water partition coefficient (Wildman–Crippen LogP) is -0.799. The van der Waals surface area contributed by atoms with E-state index in [0.717, 1.165) is 0 Å². The van der Waals surface area contributed by atoms with E-state index in [1.54, 1.807) is 25.4 Å². The van der Waals surface area contributed by atoms with Crippen LogP contribution in [0.2, 0.25) is 0 Å². The van der Waals surface area contributed by atoms with Crippen LogP contribution in [0, 0.1) is 0 Å². The van der Waals surface area contributed by atoms with Crippen molar-refractivity contribution >= 4 is 23.4 Å². The van der Waals surface area contributed by atoms with Crippen molar-refractivity contribution in [3.63, 3.8) is 0 Å². The van der Waals surface area contributed by atoms with Gasteiger partial charge in [-0.2, -0.15) is 0 Å². The summed E-state index contributed by atoms with van der Waals surface area (Å²) in [5, 5.41) is 19.8. The SMILES string of the molecule is COCOc1cc2ccn(C)c(=O)c2cc1B(O)O. The van der Waals surface area contributed by atoms with Crippen LogP contribution in [0.15, 0.2) is 29.2 Å². The van der Waals surface area contributed by atoms with Crippen molar-refractivity contribution in [2.24, 2.45) is 7.05 Å². The maximum atomic E-state index is 12.0. The summed E-state index contributed by atoms with van der Waals surface area (Å²) in [5.74, 6) is 0.276. The third-order valence-corrected chi connectivity index (χ3v) is 2.82. The highest BCUT2D eigenvalue weighted by atomic mass is 16.7. The molecule has 0 aliphatic carbocycles. The molecule has 0 atom stereocenters. The molecule has 2 aromatic rings. The molecule has 1 aromatic heterocycles. The second-order valence-corrected chi connectivity index (χ2v) is 4.13. The Morgan fingerprint density at radius 2 is 2.11 bits per heavy atom. The molecule has 0 radical (unpaired) electrons. The zero-order valence-corrected chi connectivity index (χ0v) is 10.7. The normalized spacial score (nSPS) is 10.7. The van der Waals surface area contributed by atoms with Crippen molar-refractivity contribution in [2.45, 2.75) is 0 Å². The standard InChI is InChI=1S/C12H14BNO5/c1-14-4-3-8-5-11(19-7-18-2)10(13(16)17)6-9(8)12(14)15/h3-6,16-17H,7H2,1-2H3. The molecule has 6 nitrogen and oxygen atoms in total. The van der Waals surface area contributed by atoms with E-state index in [-0.39, 0.29) is 23.6 Å². The van der Waals surface area contributed by atoms with Crippen LogP contribution < -0.4 is 15.8 Å². The van der Waals surface area contributed by atoms with E-state index in [1.165, 1.54) is 17.7 Å². The van der Waals surface area contributed by atoms with Crippen LogP contribution in [-0.4, -0.2) is 35.6 Å². The molecule has 0 saturated carbocycles. The number of aryl methyl sites for hydroxylation is 1. The van der Waals surface area contributed by atoms with E-state index < -0.39 is 7.12 Å². The van der Waals surface area contributed by atoms with E-state index in [4.69, 9.17) is 9.47 Å². The second kappa shape index (κ2) is 5.44. The molecule has 0 saturated heterocycles. The zero-order valence-electron chi connectivity index (χ0n) is 10.7. The fraction of sp³-hybridized carbons (Fsp3) is 0.250. The number of rotatable bonds is 4. The monoisotopic (exact) mass is 263 g/mol. The Kier molecular flexibility index (Phi) is 3.89. The molecule has 2 rings (SSSR count). The summed E-state index contributed by atoms with van der Waals surface area (Å²) in [6.07, 6.45) is 1.64. The van der Waals surface area contributed by atoms with Gasteiger partial charge in [-0.3, -0.25) is 4.79 Å². The maximum absolute atomic E-state index is 12.0. The Labute approximate surface area is 110 Å². The molecule has 0 fully saturated rings. The third kappa shape index (κ3) is 2.63. The van der Waals surface area contributed by atoms with Crippen LogP contribution in [0.3, 0.4) is 0 Å². The molecule has 2 N–H and O–H groups in total. The lowest BCUT2D eigenvalue weighted by Crippen LogP contribution is -2.32. The van der Waals surface area contributed by atoms with Gasteiger partial charge in [-0.25, -0.2) is 0 Å². The van der Waals surface area contributed by atoms with Gasteiger partial charge in [0.2, 0.25) is 0 Å². The summed E-state index contributed by atoms with van der Waals surface area (Å²) in [4.78, 5) is 12.0. The Bertz CT molecular complexity index is 652. The number of hydrogen-bond donors (Lipinski definition) is 2. The van der Waals surface area contributed by atoms with Crippen LogP contribution >= 0.6 is 0 Å². The van der Waals surface area contributed by atoms with Crippen molar-refractivity contribution < 1.29 is 19.5 Å². The van der Waals surface area contributed by atoms with Gasteiger partial charge in [-0.15, -0.1) is 0 Å². The first-order chi connectivity index (χ1) is 9.04. The minimum atomic E-state index is -1.72. The fourth-order valence-corrected chi connectivity index (χ4v) is 1.83. The maximum Gasteiger partial charge on any atom is 0.492 e. The van der Waals surface area contributed by atoms with Gasteiger partial charge in [0.1, 0.15) is 5.75 Å². The molecule has 0 bridgehead atoms. The summed E-state index contributed by atoms with van der Waals surface area (Å²) in [7, 11) is 1.37. The molecule has 1 aromatic carbocycles. The molecule has 7 heteroatoms. The predicted molar refractivity (Wildman–Crippen MR) is 71.5 cm³/mol. The highest BCUT2D eigenvalue weighted by Crippen LogP contribution is 2.17. The highest BCUT2D eigenvalue weighted by molar-refractivity contribution is 6.60. The van der Waals surface area contributed by atoms with Gasteiger partial charge in [-0.1, -0.05) is 0 Å². The molecule has 0 aliphatic rings. The lowest BCUT2D eigenvalue weighted by molar-refractivity contribution is 0.0518. The topological polar surface area (TPSA) is 80.9 Å². The van der Waals surface area contributed by atoms with E-state index in [2.05, 4.69) is 0 Å². The zero-order chi connectivity index (χ0) is 14.0.